The van der Waals surface area contributed by atoms with Crippen LogP contribution >= 0.6 is 0 Å². The second kappa shape index (κ2) is 6.25. The second-order valence-corrected chi connectivity index (χ2v) is 3.44. The smallest absolute Gasteiger partial charge is 0.119 e. The maximum atomic E-state index is 5.43. The first-order valence-corrected chi connectivity index (χ1v) is 5.34. The lowest BCUT2D eigenvalue weighted by atomic mass is 10.2. The molecule has 1 unspecified atom stereocenters. The summed E-state index contributed by atoms with van der Waals surface area (Å²) < 4.78 is 5.43. The van der Waals surface area contributed by atoms with Gasteiger partial charge in [-0.2, -0.15) is 0 Å². The quantitative estimate of drug-likeness (QED) is 0.798. The number of benzene rings is 1. The predicted molar refractivity (Wildman–Crippen MR) is 65.2 cm³/mol. The highest BCUT2D eigenvalue weighted by atomic mass is 16.5. The summed E-state index contributed by atoms with van der Waals surface area (Å²) in [7, 11) is 1.95. The Balaban J connectivity index is 2.68. The molecule has 2 heteroatoms. The van der Waals surface area contributed by atoms with Crippen LogP contribution in [0.2, 0.25) is 0 Å². The topological polar surface area (TPSA) is 21.3 Å². The minimum atomic E-state index is 0.390. The molecule has 82 valence electrons. The summed E-state index contributed by atoms with van der Waals surface area (Å²) in [4.78, 5) is 0. The molecule has 0 aliphatic heterocycles. The van der Waals surface area contributed by atoms with Crippen LogP contribution in [0.1, 0.15) is 19.4 Å². The Kier molecular flexibility index (Phi) is 4.91. The molecule has 0 radical (unpaired) electrons. The summed E-state index contributed by atoms with van der Waals surface area (Å²) in [6.45, 7) is 4.81. The van der Waals surface area contributed by atoms with Crippen LogP contribution in [0.25, 0.3) is 6.08 Å². The highest BCUT2D eigenvalue weighted by Gasteiger charge is 1.94. The molecule has 0 spiro atoms. The van der Waals surface area contributed by atoms with Gasteiger partial charge in [0.2, 0.25) is 0 Å². The summed E-state index contributed by atoms with van der Waals surface area (Å²) in [5.41, 5.74) is 1.17. The molecule has 0 heterocycles. The summed E-state index contributed by atoms with van der Waals surface area (Å²) >= 11 is 0. The maximum Gasteiger partial charge on any atom is 0.119 e. The summed E-state index contributed by atoms with van der Waals surface area (Å²) in [6, 6.07) is 8.49. The number of hydrogen-bond donors (Lipinski definition) is 1. The van der Waals surface area contributed by atoms with Gasteiger partial charge in [-0.05, 0) is 38.6 Å². The van der Waals surface area contributed by atoms with Gasteiger partial charge in [0.1, 0.15) is 5.75 Å². The Morgan fingerprint density at radius 2 is 2.27 bits per heavy atom. The normalized spacial score (nSPS) is 13.0. The van der Waals surface area contributed by atoms with Crippen LogP contribution in [0.15, 0.2) is 30.3 Å². The van der Waals surface area contributed by atoms with E-state index in [0.29, 0.717) is 12.6 Å². The predicted octanol–water partition coefficient (Wildman–Crippen LogP) is 2.71. The zero-order chi connectivity index (χ0) is 11.1. The summed E-state index contributed by atoms with van der Waals surface area (Å²) in [5.74, 6) is 0.928. The Morgan fingerprint density at radius 1 is 1.47 bits per heavy atom. The van der Waals surface area contributed by atoms with Gasteiger partial charge in [-0.1, -0.05) is 24.3 Å². The number of rotatable bonds is 5. The lowest BCUT2D eigenvalue weighted by Gasteiger charge is -2.04. The van der Waals surface area contributed by atoms with Crippen molar-refractivity contribution in [2.24, 2.45) is 0 Å². The molecule has 2 nitrogen and oxygen atoms in total. The first-order chi connectivity index (χ1) is 7.26. The van der Waals surface area contributed by atoms with E-state index in [4.69, 9.17) is 4.74 Å². The molecule has 0 saturated heterocycles. The lowest BCUT2D eigenvalue weighted by Crippen LogP contribution is -2.17. The van der Waals surface area contributed by atoms with Gasteiger partial charge in [0, 0.05) is 6.04 Å². The first kappa shape index (κ1) is 11.8. The van der Waals surface area contributed by atoms with Crippen molar-refractivity contribution in [3.63, 3.8) is 0 Å². The molecule has 0 bridgehead atoms. The van der Waals surface area contributed by atoms with Crippen LogP contribution in [-0.2, 0) is 0 Å². The Labute approximate surface area is 92.0 Å². The van der Waals surface area contributed by atoms with Crippen molar-refractivity contribution >= 4 is 6.08 Å². The minimum Gasteiger partial charge on any atom is -0.494 e. The van der Waals surface area contributed by atoms with E-state index in [1.54, 1.807) is 0 Å². The number of likely N-dealkylation sites (N-methyl/N-ethyl adjacent to an activating group) is 1. The molecule has 0 aliphatic carbocycles. The average Bonchev–Trinajstić information content (AvgIpc) is 2.27. The number of hydrogen-bond acceptors (Lipinski definition) is 2. The largest absolute Gasteiger partial charge is 0.494 e. The van der Waals surface area contributed by atoms with Crippen LogP contribution in [0, 0.1) is 0 Å². The summed E-state index contributed by atoms with van der Waals surface area (Å²) in [6.07, 6.45) is 4.23. The van der Waals surface area contributed by atoms with E-state index in [1.165, 1.54) is 5.56 Å². The van der Waals surface area contributed by atoms with Crippen molar-refractivity contribution in [1.29, 1.82) is 0 Å². The van der Waals surface area contributed by atoms with E-state index in [1.807, 2.05) is 32.2 Å². The Bertz CT molecular complexity index is 320. The van der Waals surface area contributed by atoms with Crippen LogP contribution in [-0.4, -0.2) is 19.7 Å². The van der Waals surface area contributed by atoms with Gasteiger partial charge in [0.15, 0.2) is 0 Å². The van der Waals surface area contributed by atoms with Gasteiger partial charge in [-0.15, -0.1) is 0 Å². The maximum absolute atomic E-state index is 5.43. The highest BCUT2D eigenvalue weighted by Crippen LogP contribution is 2.14. The average molecular weight is 205 g/mol. The Hall–Kier alpha value is -1.28. The molecule has 1 atom stereocenters. The third-order valence-electron chi connectivity index (χ3n) is 2.20. The zero-order valence-electron chi connectivity index (χ0n) is 9.66. The summed E-state index contributed by atoms with van der Waals surface area (Å²) in [5, 5.41) is 3.16. The lowest BCUT2D eigenvalue weighted by molar-refractivity contribution is 0.340. The molecular formula is C13H19NO. The number of ether oxygens (including phenoxy) is 1. The van der Waals surface area contributed by atoms with Crippen LogP contribution < -0.4 is 10.1 Å². The molecule has 1 N–H and O–H groups in total. The fourth-order valence-electron chi connectivity index (χ4n) is 1.23. The third kappa shape index (κ3) is 4.17. The van der Waals surface area contributed by atoms with E-state index in [-0.39, 0.29) is 0 Å². The standard InChI is InChI=1S/C13H19NO/c1-4-15-13-7-5-6-12(10-13)9-8-11(2)14-3/h5-11,14H,4H2,1-3H3/b9-8+. The van der Waals surface area contributed by atoms with Gasteiger partial charge in [-0.25, -0.2) is 0 Å². The van der Waals surface area contributed by atoms with E-state index in [0.717, 1.165) is 5.75 Å². The monoisotopic (exact) mass is 205 g/mol. The Morgan fingerprint density at radius 3 is 2.93 bits per heavy atom. The highest BCUT2D eigenvalue weighted by molar-refractivity contribution is 5.52. The van der Waals surface area contributed by atoms with Gasteiger partial charge in [0.25, 0.3) is 0 Å². The van der Waals surface area contributed by atoms with Crippen molar-refractivity contribution in [2.45, 2.75) is 19.9 Å². The molecule has 0 fully saturated rings. The minimum absolute atomic E-state index is 0.390. The van der Waals surface area contributed by atoms with E-state index in [9.17, 15) is 0 Å². The van der Waals surface area contributed by atoms with Crippen LogP contribution in [0.3, 0.4) is 0 Å². The molecule has 1 aromatic rings. The molecule has 15 heavy (non-hydrogen) atoms. The van der Waals surface area contributed by atoms with Crippen molar-refractivity contribution in [3.05, 3.63) is 35.9 Å². The molecular weight excluding hydrogens is 186 g/mol. The zero-order valence-corrected chi connectivity index (χ0v) is 9.66. The molecule has 0 amide bonds. The van der Waals surface area contributed by atoms with Crippen LogP contribution in [0.5, 0.6) is 5.75 Å². The van der Waals surface area contributed by atoms with Gasteiger partial charge in [0.05, 0.1) is 6.61 Å². The van der Waals surface area contributed by atoms with Crippen LogP contribution in [0.4, 0.5) is 0 Å². The van der Waals surface area contributed by atoms with Crippen molar-refractivity contribution in [3.8, 4) is 5.75 Å². The first-order valence-electron chi connectivity index (χ1n) is 5.34. The van der Waals surface area contributed by atoms with E-state index in [2.05, 4.69) is 30.5 Å². The van der Waals surface area contributed by atoms with E-state index >= 15 is 0 Å². The number of nitrogens with one attached hydrogen (secondary N) is 1. The van der Waals surface area contributed by atoms with Crippen molar-refractivity contribution in [2.75, 3.05) is 13.7 Å². The van der Waals surface area contributed by atoms with Crippen molar-refractivity contribution in [1.82, 2.24) is 5.32 Å². The molecule has 0 saturated carbocycles. The molecule has 1 rings (SSSR count). The van der Waals surface area contributed by atoms with Gasteiger partial charge < -0.3 is 10.1 Å². The fourth-order valence-corrected chi connectivity index (χ4v) is 1.23. The van der Waals surface area contributed by atoms with Crippen molar-refractivity contribution < 1.29 is 4.74 Å². The molecule has 0 aromatic heterocycles. The van der Waals surface area contributed by atoms with E-state index < -0.39 is 0 Å². The molecule has 0 aliphatic rings. The molecule has 1 aromatic carbocycles. The third-order valence-corrected chi connectivity index (χ3v) is 2.20. The fraction of sp³-hybridized carbons (Fsp3) is 0.385. The van der Waals surface area contributed by atoms with Gasteiger partial charge in [-0.3, -0.25) is 0 Å². The SMILES string of the molecule is CCOc1cccc(/C=C/C(C)NC)c1. The van der Waals surface area contributed by atoms with Gasteiger partial charge >= 0.3 is 0 Å². The second-order valence-electron chi connectivity index (χ2n) is 3.44.